The van der Waals surface area contributed by atoms with E-state index < -0.39 is 6.10 Å². The van der Waals surface area contributed by atoms with Crippen molar-refractivity contribution in [2.45, 2.75) is 133 Å². The minimum Gasteiger partial charge on any atom is -0.508 e. The lowest BCUT2D eigenvalue weighted by Crippen LogP contribution is -2.01. The molecule has 0 aliphatic rings. The van der Waals surface area contributed by atoms with Gasteiger partial charge in [0.1, 0.15) is 17.6 Å². The average Bonchev–Trinajstić information content (AvgIpc) is 3.39. The van der Waals surface area contributed by atoms with Crippen molar-refractivity contribution in [1.82, 2.24) is 0 Å². The predicted octanol–water partition coefficient (Wildman–Crippen LogP) is 19.1. The van der Waals surface area contributed by atoms with E-state index in [0.717, 1.165) is 45.9 Å². The van der Waals surface area contributed by atoms with Crippen LogP contribution < -0.4 is 0 Å². The molecule has 0 aromatic heterocycles. The third kappa shape index (κ3) is 28.8. The number of hydrogen-bond acceptors (Lipinski definition) is 5. The number of aliphatic hydroxyl groups excluding tert-OH is 1. The van der Waals surface area contributed by atoms with Gasteiger partial charge in [-0.05, 0) is 129 Å². The molecule has 6 aromatic carbocycles. The van der Waals surface area contributed by atoms with Crippen molar-refractivity contribution in [3.05, 3.63) is 201 Å². The predicted molar refractivity (Wildman–Crippen MR) is 324 cm³/mol. The molecule has 0 bridgehead atoms. The number of rotatable bonds is 20. The van der Waals surface area contributed by atoms with Gasteiger partial charge >= 0.3 is 0 Å². The molecule has 0 saturated heterocycles. The van der Waals surface area contributed by atoms with Crippen LogP contribution in [0.3, 0.4) is 0 Å². The Morgan fingerprint density at radius 1 is 0.384 bits per heavy atom. The molecule has 3 atom stereocenters. The number of alkyl halides is 3. The summed E-state index contributed by atoms with van der Waals surface area (Å²) in [7, 11) is 0. The van der Waals surface area contributed by atoms with E-state index in [4.69, 9.17) is 10.2 Å². The highest BCUT2D eigenvalue weighted by Gasteiger charge is 2.12. The van der Waals surface area contributed by atoms with E-state index in [9.17, 15) is 14.7 Å². The molecule has 0 spiro atoms. The van der Waals surface area contributed by atoms with Crippen LogP contribution in [-0.2, 0) is 0 Å². The van der Waals surface area contributed by atoms with E-state index in [1.54, 1.807) is 24.3 Å². The van der Waals surface area contributed by atoms with Crippen LogP contribution in [0.2, 0.25) is 0 Å². The molecule has 6 aromatic rings. The molecule has 3 N–H and O–H groups in total. The first kappa shape index (κ1) is 66.7. The molecule has 398 valence electrons. The van der Waals surface area contributed by atoms with E-state index in [1.807, 2.05) is 136 Å². The Labute approximate surface area is 467 Å². The zero-order valence-corrected chi connectivity index (χ0v) is 50.6. The average molecular weight is 1190 g/mol. The molecule has 0 aliphatic heterocycles. The number of carbonyl (C=O) groups excluding carboxylic acids is 2. The number of benzene rings is 6. The van der Waals surface area contributed by atoms with E-state index in [0.29, 0.717) is 11.1 Å². The van der Waals surface area contributed by atoms with Crippen molar-refractivity contribution < 1.29 is 24.9 Å². The van der Waals surface area contributed by atoms with Gasteiger partial charge in [-0.25, -0.2) is 0 Å². The van der Waals surface area contributed by atoms with Gasteiger partial charge in [-0.15, -0.1) is 0 Å². The van der Waals surface area contributed by atoms with Crippen LogP contribution in [-0.4, -0.2) is 43.9 Å². The van der Waals surface area contributed by atoms with E-state index >= 15 is 0 Å². The third-order valence-electron chi connectivity index (χ3n) is 12.5. The summed E-state index contributed by atoms with van der Waals surface area (Å²) < 4.78 is 0. The topological polar surface area (TPSA) is 94.8 Å². The lowest BCUT2D eigenvalue weighted by Gasteiger charge is -2.16. The molecule has 8 heteroatoms. The number of halogens is 3. The summed E-state index contributed by atoms with van der Waals surface area (Å²) in [6, 6.07) is 43.4. The van der Waals surface area contributed by atoms with Gasteiger partial charge in [0.15, 0.2) is 11.6 Å². The molecule has 0 radical (unpaired) electrons. The van der Waals surface area contributed by atoms with E-state index in [2.05, 4.69) is 82.4 Å². The van der Waals surface area contributed by atoms with Crippen molar-refractivity contribution in [1.29, 1.82) is 0 Å². The van der Waals surface area contributed by atoms with E-state index in [-0.39, 0.29) is 23.1 Å². The van der Waals surface area contributed by atoms with Crippen LogP contribution in [0, 0.1) is 51.4 Å². The van der Waals surface area contributed by atoms with Gasteiger partial charge in [-0.2, -0.15) is 0 Å². The Morgan fingerprint density at radius 3 is 0.877 bits per heavy atom. The number of ketones is 2. The Hall–Kier alpha value is -4.34. The summed E-state index contributed by atoms with van der Waals surface area (Å²) in [6.45, 7) is 20.1. The van der Waals surface area contributed by atoms with Crippen LogP contribution in [0.5, 0.6) is 11.5 Å². The fourth-order valence-electron chi connectivity index (χ4n) is 7.78. The summed E-state index contributed by atoms with van der Waals surface area (Å²) in [4.78, 5) is 24.0. The summed E-state index contributed by atoms with van der Waals surface area (Å²) in [5, 5.41) is 29.5. The Morgan fingerprint density at radius 2 is 0.616 bits per heavy atom. The molecule has 0 amide bonds. The highest BCUT2D eigenvalue weighted by atomic mass is 79.9. The highest BCUT2D eigenvalue weighted by Crippen LogP contribution is 2.25. The minimum atomic E-state index is -0.527. The Balaban J connectivity index is 0.000000477. The van der Waals surface area contributed by atoms with Gasteiger partial charge < -0.3 is 15.3 Å². The lowest BCUT2D eigenvalue weighted by atomic mass is 9.91. The monoisotopic (exact) mass is 1180 g/mol. The van der Waals surface area contributed by atoms with Crippen LogP contribution in [0.4, 0.5) is 0 Å². The van der Waals surface area contributed by atoms with Gasteiger partial charge in [0.2, 0.25) is 0 Å². The van der Waals surface area contributed by atoms with Gasteiger partial charge in [0.25, 0.3) is 0 Å². The van der Waals surface area contributed by atoms with Crippen molar-refractivity contribution >= 4 is 59.4 Å². The molecular weight excluding hydrogens is 1100 g/mol. The zero-order chi connectivity index (χ0) is 54.7. The summed E-state index contributed by atoms with van der Waals surface area (Å²) in [5.74, 6) is 7.48. The quantitative estimate of drug-likeness (QED) is 0.0523. The zero-order valence-electron chi connectivity index (χ0n) is 45.8. The SMILES string of the molecule is CBr.CBr.CC(C)CCCC(C)CCCC(C)CCCC(C)CCBr.Cc1ccc(C(=O)c2ccc(C)cc2)cc1.Cc1ccc(C(O)c2ccc(C)cc2)cc1.O=C(c1ccc(O)cc1)c1ccc(O)cc1. The van der Waals surface area contributed by atoms with Crippen LogP contribution in [0.1, 0.15) is 170 Å². The largest absolute Gasteiger partial charge is 0.508 e. The fraction of sp³-hybridized carbons (Fsp3) is 0.415. The van der Waals surface area contributed by atoms with Crippen LogP contribution in [0.15, 0.2) is 146 Å². The molecule has 0 aliphatic carbocycles. The second-order valence-electron chi connectivity index (χ2n) is 19.7. The van der Waals surface area contributed by atoms with Crippen molar-refractivity contribution in [2.24, 2.45) is 23.7 Å². The van der Waals surface area contributed by atoms with Gasteiger partial charge in [-0.1, -0.05) is 260 Å². The highest BCUT2D eigenvalue weighted by molar-refractivity contribution is 9.09. The van der Waals surface area contributed by atoms with Crippen molar-refractivity contribution in [3.8, 4) is 11.5 Å². The summed E-state index contributed by atoms with van der Waals surface area (Å²) in [5.41, 5.74) is 9.13. The first-order chi connectivity index (χ1) is 34.9. The minimum absolute atomic E-state index is 0.0833. The number of carbonyl (C=O) groups is 2. The molecule has 0 fully saturated rings. The number of phenols is 2. The van der Waals surface area contributed by atoms with Crippen molar-refractivity contribution in [2.75, 3.05) is 17.0 Å². The third-order valence-corrected chi connectivity index (χ3v) is 13.0. The first-order valence-corrected chi connectivity index (χ1v) is 30.2. The Bertz CT molecular complexity index is 2090. The van der Waals surface area contributed by atoms with Gasteiger partial charge in [0.05, 0.1) is 0 Å². The number of aryl methyl sites for hydroxylation is 4. The fourth-order valence-corrected chi connectivity index (χ4v) is 8.56. The molecule has 6 rings (SSSR count). The number of phenolic OH excluding ortho intramolecular Hbond substituents is 2. The first-order valence-electron chi connectivity index (χ1n) is 25.9. The number of hydrogen-bond donors (Lipinski definition) is 3. The molecule has 0 saturated carbocycles. The van der Waals surface area contributed by atoms with E-state index in [1.165, 1.54) is 116 Å². The molecule has 0 heterocycles. The summed E-state index contributed by atoms with van der Waals surface area (Å²) in [6.07, 6.45) is 13.7. The van der Waals surface area contributed by atoms with Gasteiger partial charge in [0, 0.05) is 27.6 Å². The second-order valence-corrected chi connectivity index (χ2v) is 20.5. The Kier molecular flexibility index (Phi) is 35.7. The van der Waals surface area contributed by atoms with Crippen LogP contribution >= 0.6 is 47.8 Å². The van der Waals surface area contributed by atoms with Gasteiger partial charge in [-0.3, -0.25) is 9.59 Å². The lowest BCUT2D eigenvalue weighted by molar-refractivity contribution is 0.103. The van der Waals surface area contributed by atoms with Crippen LogP contribution in [0.25, 0.3) is 0 Å². The summed E-state index contributed by atoms with van der Waals surface area (Å²) >= 11 is 9.42. The normalized spacial score (nSPS) is 11.6. The number of aliphatic hydroxyl groups is 1. The molecule has 3 unspecified atom stereocenters. The second kappa shape index (κ2) is 39.1. The maximum atomic E-state index is 12.1. The van der Waals surface area contributed by atoms with Crippen molar-refractivity contribution in [3.63, 3.8) is 0 Å². The standard InChI is InChI=1S/C20H41Br.C15H16O.C15H14O.C13H10O3.2CH3Br/c1-17(2)9-6-10-18(3)11-7-12-19(4)13-8-14-20(5)15-16-21;2*1-11-3-7-13(8-4-11)15(16)14-9-5-12(2)6-10-14;14-11-5-1-9(2-6-11)13(16)10-3-7-12(15)8-4-10;2*1-2/h17-20H,6-16H2,1-5H3;3-10,15-16H,1-2H3;3-10H,1-2H3;1-8,14-15H;2*1H3. The molecule has 73 heavy (non-hydrogen) atoms. The number of aromatic hydroxyl groups is 2. The maximum Gasteiger partial charge on any atom is 0.193 e. The maximum absolute atomic E-state index is 12.1. The smallest absolute Gasteiger partial charge is 0.193 e. The molecular formula is C65H87Br3O5. The molecule has 5 nitrogen and oxygen atoms in total.